The van der Waals surface area contributed by atoms with Gasteiger partial charge < -0.3 is 9.47 Å². The monoisotopic (exact) mass is 448 g/mol. The van der Waals surface area contributed by atoms with Crippen LogP contribution in [0.3, 0.4) is 0 Å². The topological polar surface area (TPSA) is 69.7 Å². The van der Waals surface area contributed by atoms with Crippen LogP contribution in [0.25, 0.3) is 0 Å². The molecule has 0 N–H and O–H groups in total. The Morgan fingerprint density at radius 3 is 2.71 bits per heavy atom. The highest BCUT2D eigenvalue weighted by molar-refractivity contribution is 6.21. The Morgan fingerprint density at radius 1 is 1.26 bits per heavy atom. The van der Waals surface area contributed by atoms with Crippen molar-refractivity contribution in [1.29, 1.82) is 0 Å². The van der Waals surface area contributed by atoms with Gasteiger partial charge >= 0.3 is 6.16 Å². The molecule has 0 amide bonds. The van der Waals surface area contributed by atoms with Gasteiger partial charge in [0.05, 0.1) is 6.61 Å². The molecule has 0 aromatic heterocycles. The number of hydrogen-bond donors (Lipinski definition) is 0. The zero-order valence-electron chi connectivity index (χ0n) is 18.9. The van der Waals surface area contributed by atoms with E-state index in [0.717, 1.165) is 25.7 Å². The highest BCUT2D eigenvalue weighted by atomic mass is 35.5. The second-order valence-electron chi connectivity index (χ2n) is 10.4. The van der Waals surface area contributed by atoms with E-state index in [1.54, 1.807) is 13.0 Å². The standard InChI is InChI=1S/C25H33ClO5/c1-5-30-23(29)31-13-20(28)21-14(2)10-18-17-7-6-15-11-16(27)8-9-24(15,3)22(17)19(26)12-25(18,21)4/h8-9,11,14,17-19,21-22H,5-7,10,12-13H2,1-4H3/t14-,17?,18?,19-,21?,22?,24-,25-/m0/s1. The van der Waals surface area contributed by atoms with Crippen LogP contribution < -0.4 is 0 Å². The van der Waals surface area contributed by atoms with Crippen LogP contribution in [0.4, 0.5) is 4.79 Å². The fourth-order valence-electron chi connectivity index (χ4n) is 7.69. The van der Waals surface area contributed by atoms with E-state index in [1.807, 2.05) is 6.08 Å². The van der Waals surface area contributed by atoms with Crippen molar-refractivity contribution in [2.75, 3.05) is 13.2 Å². The first-order valence-electron chi connectivity index (χ1n) is 11.5. The summed E-state index contributed by atoms with van der Waals surface area (Å²) in [5, 5.41) is -0.0793. The van der Waals surface area contributed by atoms with Crippen molar-refractivity contribution >= 4 is 29.3 Å². The van der Waals surface area contributed by atoms with Gasteiger partial charge in [0.1, 0.15) is 0 Å². The molecule has 0 bridgehead atoms. The molecule has 0 heterocycles. The molecule has 5 nitrogen and oxygen atoms in total. The number of halogens is 1. The lowest BCUT2D eigenvalue weighted by atomic mass is 9.47. The maximum absolute atomic E-state index is 13.2. The summed E-state index contributed by atoms with van der Waals surface area (Å²) in [6.07, 6.45) is 8.43. The molecular formula is C25H33ClO5. The first-order valence-corrected chi connectivity index (χ1v) is 12.0. The molecule has 0 saturated heterocycles. The third-order valence-electron chi connectivity index (χ3n) is 8.74. The summed E-state index contributed by atoms with van der Waals surface area (Å²) in [4.78, 5) is 36.7. The minimum atomic E-state index is -0.791. The van der Waals surface area contributed by atoms with Gasteiger partial charge in [-0.2, -0.15) is 0 Å². The third-order valence-corrected chi connectivity index (χ3v) is 9.16. The number of allylic oxidation sites excluding steroid dienone is 4. The van der Waals surface area contributed by atoms with E-state index in [1.165, 1.54) is 5.57 Å². The minimum absolute atomic E-state index is 0.0290. The van der Waals surface area contributed by atoms with Crippen LogP contribution in [0.2, 0.25) is 0 Å². The molecule has 170 valence electrons. The second-order valence-corrected chi connectivity index (χ2v) is 10.9. The SMILES string of the molecule is CCOC(=O)OCC(=O)C1[C@@H](C)CC2C3CCC4=CC(=O)C=C[C@]4(C)C3[C@@H](Cl)C[C@@]21C. The maximum atomic E-state index is 13.2. The summed E-state index contributed by atoms with van der Waals surface area (Å²) < 4.78 is 9.87. The normalized spacial score (nSPS) is 43.4. The molecule has 4 unspecified atom stereocenters. The largest absolute Gasteiger partial charge is 0.508 e. The summed E-state index contributed by atoms with van der Waals surface area (Å²) in [5.74, 6) is 1.13. The van der Waals surface area contributed by atoms with E-state index in [-0.39, 0.29) is 58.7 Å². The minimum Gasteiger partial charge on any atom is -0.435 e. The first-order chi connectivity index (χ1) is 14.6. The predicted octanol–water partition coefficient (Wildman–Crippen LogP) is 5.12. The Labute approximate surface area is 189 Å². The number of ether oxygens (including phenoxy) is 2. The van der Waals surface area contributed by atoms with Crippen molar-refractivity contribution in [1.82, 2.24) is 0 Å². The Bertz CT molecular complexity index is 847. The Morgan fingerprint density at radius 2 is 2.00 bits per heavy atom. The number of alkyl halides is 1. The zero-order valence-corrected chi connectivity index (χ0v) is 19.6. The highest BCUT2D eigenvalue weighted by Crippen LogP contribution is 2.68. The Hall–Kier alpha value is -1.62. The van der Waals surface area contributed by atoms with E-state index in [9.17, 15) is 14.4 Å². The van der Waals surface area contributed by atoms with Crippen molar-refractivity contribution in [2.24, 2.45) is 40.4 Å². The van der Waals surface area contributed by atoms with Gasteiger partial charge in [0.15, 0.2) is 18.2 Å². The summed E-state index contributed by atoms with van der Waals surface area (Å²) >= 11 is 7.12. The van der Waals surface area contributed by atoms with Crippen molar-refractivity contribution in [3.05, 3.63) is 23.8 Å². The smallest absolute Gasteiger partial charge is 0.435 e. The fourth-order valence-corrected chi connectivity index (χ4v) is 8.47. The molecule has 0 aromatic carbocycles. The Kier molecular flexibility index (Phi) is 5.87. The van der Waals surface area contributed by atoms with Crippen LogP contribution in [-0.4, -0.2) is 36.3 Å². The average Bonchev–Trinajstić information content (AvgIpc) is 2.96. The lowest BCUT2D eigenvalue weighted by Crippen LogP contribution is -2.55. The van der Waals surface area contributed by atoms with Gasteiger partial charge in [-0.15, -0.1) is 11.6 Å². The number of hydrogen-bond acceptors (Lipinski definition) is 5. The van der Waals surface area contributed by atoms with Crippen molar-refractivity contribution in [3.8, 4) is 0 Å². The van der Waals surface area contributed by atoms with Gasteiger partial charge in [-0.25, -0.2) is 4.79 Å². The second kappa shape index (κ2) is 8.06. The Balaban J connectivity index is 1.59. The van der Waals surface area contributed by atoms with E-state index >= 15 is 0 Å². The fraction of sp³-hybridized carbons (Fsp3) is 0.720. The van der Waals surface area contributed by atoms with Crippen LogP contribution >= 0.6 is 11.6 Å². The van der Waals surface area contributed by atoms with Gasteiger partial charge in [-0.3, -0.25) is 9.59 Å². The molecule has 3 saturated carbocycles. The number of Topliss-reactive ketones (excluding diaryl/α,β-unsaturated/α-hetero) is 1. The van der Waals surface area contributed by atoms with Gasteiger partial charge in [-0.1, -0.05) is 32.4 Å². The first kappa shape index (κ1) is 22.6. The van der Waals surface area contributed by atoms with Crippen LogP contribution in [0.15, 0.2) is 23.8 Å². The molecule has 6 heteroatoms. The number of fused-ring (bicyclic) bond motifs is 5. The van der Waals surface area contributed by atoms with Crippen molar-refractivity contribution in [2.45, 2.75) is 58.8 Å². The molecule has 8 atom stereocenters. The average molecular weight is 449 g/mol. The lowest BCUT2D eigenvalue weighted by Gasteiger charge is -2.58. The molecule has 0 aliphatic heterocycles. The molecule has 3 fully saturated rings. The highest BCUT2D eigenvalue weighted by Gasteiger charge is 2.64. The molecule has 0 spiro atoms. The molecule has 4 rings (SSSR count). The van der Waals surface area contributed by atoms with Crippen LogP contribution in [-0.2, 0) is 19.1 Å². The maximum Gasteiger partial charge on any atom is 0.508 e. The summed E-state index contributed by atoms with van der Waals surface area (Å²) in [5.41, 5.74) is 0.800. The van der Waals surface area contributed by atoms with Gasteiger partial charge in [0.25, 0.3) is 0 Å². The van der Waals surface area contributed by atoms with Gasteiger partial charge in [-0.05, 0) is 73.8 Å². The van der Waals surface area contributed by atoms with E-state index in [2.05, 4.69) is 26.8 Å². The summed E-state index contributed by atoms with van der Waals surface area (Å²) in [7, 11) is 0. The lowest BCUT2D eigenvalue weighted by molar-refractivity contribution is -0.134. The summed E-state index contributed by atoms with van der Waals surface area (Å²) in [6, 6.07) is 0. The number of rotatable bonds is 4. The number of ketones is 2. The van der Waals surface area contributed by atoms with Crippen LogP contribution in [0.5, 0.6) is 0 Å². The van der Waals surface area contributed by atoms with E-state index < -0.39 is 6.16 Å². The molecule has 0 aromatic rings. The van der Waals surface area contributed by atoms with Crippen LogP contribution in [0, 0.1) is 40.4 Å². The van der Waals surface area contributed by atoms with Crippen molar-refractivity contribution in [3.63, 3.8) is 0 Å². The quantitative estimate of drug-likeness (QED) is 0.441. The molecule has 0 radical (unpaired) electrons. The molecule has 31 heavy (non-hydrogen) atoms. The van der Waals surface area contributed by atoms with E-state index in [4.69, 9.17) is 21.1 Å². The molecule has 4 aliphatic rings. The van der Waals surface area contributed by atoms with Gasteiger partial charge in [0, 0.05) is 16.7 Å². The molecular weight excluding hydrogens is 416 g/mol. The molecule has 4 aliphatic carbocycles. The predicted molar refractivity (Wildman–Crippen MR) is 118 cm³/mol. The third kappa shape index (κ3) is 3.57. The zero-order chi connectivity index (χ0) is 22.6. The van der Waals surface area contributed by atoms with Crippen molar-refractivity contribution < 1.29 is 23.9 Å². The summed E-state index contributed by atoms with van der Waals surface area (Å²) in [6.45, 7) is 8.27. The van der Waals surface area contributed by atoms with Crippen LogP contribution in [0.1, 0.15) is 53.4 Å². The number of carbonyl (C=O) groups is 3. The van der Waals surface area contributed by atoms with Gasteiger partial charge in [0.2, 0.25) is 0 Å². The van der Waals surface area contributed by atoms with E-state index in [0.29, 0.717) is 11.8 Å². The number of carbonyl (C=O) groups excluding carboxylic acids is 3.